The normalized spacial score (nSPS) is 15.0. The monoisotopic (exact) mass is 514 g/mol. The highest BCUT2D eigenvalue weighted by Crippen LogP contribution is 2.25. The van der Waals surface area contributed by atoms with Crippen molar-refractivity contribution in [2.75, 3.05) is 31.5 Å². The van der Waals surface area contributed by atoms with E-state index in [9.17, 15) is 19.2 Å². The number of nitriles is 1. The SMILES string of the molecule is N#Cc1ccccc1-c1ccc(C(=O)NC[C@@H]2CCCCN2C(=O)CN)c(NCCc2cccc(F)c2)n1. The smallest absolute Gasteiger partial charge is 0.255 e. The van der Waals surface area contributed by atoms with E-state index < -0.39 is 0 Å². The number of aromatic nitrogens is 1. The van der Waals surface area contributed by atoms with Crippen LogP contribution in [0.15, 0.2) is 60.7 Å². The highest BCUT2D eigenvalue weighted by Gasteiger charge is 2.26. The molecular weight excluding hydrogens is 483 g/mol. The van der Waals surface area contributed by atoms with Crippen LogP contribution in [-0.4, -0.2) is 53.9 Å². The molecule has 0 radical (unpaired) electrons. The van der Waals surface area contributed by atoms with Gasteiger partial charge in [-0.2, -0.15) is 5.26 Å². The summed E-state index contributed by atoms with van der Waals surface area (Å²) in [6.45, 7) is 1.31. The Morgan fingerprint density at radius 1 is 1.13 bits per heavy atom. The quantitative estimate of drug-likeness (QED) is 0.402. The summed E-state index contributed by atoms with van der Waals surface area (Å²) < 4.78 is 13.6. The van der Waals surface area contributed by atoms with Gasteiger partial charge in [0.05, 0.1) is 29.4 Å². The number of halogens is 1. The maximum Gasteiger partial charge on any atom is 0.255 e. The lowest BCUT2D eigenvalue weighted by Gasteiger charge is -2.35. The zero-order valence-corrected chi connectivity index (χ0v) is 21.1. The Labute approximate surface area is 221 Å². The van der Waals surface area contributed by atoms with Crippen molar-refractivity contribution in [2.24, 2.45) is 5.73 Å². The van der Waals surface area contributed by atoms with Gasteiger partial charge in [-0.3, -0.25) is 9.59 Å². The van der Waals surface area contributed by atoms with Crippen molar-refractivity contribution in [3.8, 4) is 17.3 Å². The third-order valence-corrected chi connectivity index (χ3v) is 6.68. The molecule has 1 aliphatic heterocycles. The first-order chi connectivity index (χ1) is 18.5. The molecule has 0 saturated carbocycles. The van der Waals surface area contributed by atoms with Gasteiger partial charge in [0.1, 0.15) is 11.6 Å². The van der Waals surface area contributed by atoms with Gasteiger partial charge in [-0.05, 0) is 61.6 Å². The molecule has 1 atom stereocenters. The van der Waals surface area contributed by atoms with Gasteiger partial charge in [0.15, 0.2) is 0 Å². The summed E-state index contributed by atoms with van der Waals surface area (Å²) >= 11 is 0. The fourth-order valence-electron chi connectivity index (χ4n) is 4.71. The Morgan fingerprint density at radius 2 is 1.97 bits per heavy atom. The number of nitrogens with zero attached hydrogens (tertiary/aromatic N) is 3. The van der Waals surface area contributed by atoms with Crippen LogP contribution in [0.3, 0.4) is 0 Å². The van der Waals surface area contributed by atoms with Gasteiger partial charge in [-0.15, -0.1) is 0 Å². The minimum atomic E-state index is -0.323. The number of hydrogen-bond donors (Lipinski definition) is 3. The van der Waals surface area contributed by atoms with E-state index in [1.807, 2.05) is 18.2 Å². The van der Waals surface area contributed by atoms with Crippen molar-refractivity contribution in [2.45, 2.75) is 31.7 Å². The first-order valence-corrected chi connectivity index (χ1v) is 12.8. The van der Waals surface area contributed by atoms with Gasteiger partial charge in [-0.25, -0.2) is 9.37 Å². The molecule has 0 aliphatic carbocycles. The van der Waals surface area contributed by atoms with E-state index >= 15 is 0 Å². The Bertz CT molecular complexity index is 1340. The van der Waals surface area contributed by atoms with Crippen molar-refractivity contribution < 1.29 is 14.0 Å². The fourth-order valence-corrected chi connectivity index (χ4v) is 4.71. The summed E-state index contributed by atoms with van der Waals surface area (Å²) in [5.74, 6) is -0.384. The Balaban J connectivity index is 1.55. The maximum atomic E-state index is 13.6. The van der Waals surface area contributed by atoms with Crippen molar-refractivity contribution >= 4 is 17.6 Å². The number of hydrogen-bond acceptors (Lipinski definition) is 6. The molecule has 4 N–H and O–H groups in total. The number of anilines is 1. The van der Waals surface area contributed by atoms with E-state index in [2.05, 4.69) is 16.7 Å². The third kappa shape index (κ3) is 6.52. The minimum Gasteiger partial charge on any atom is -0.369 e. The van der Waals surface area contributed by atoms with Gasteiger partial charge >= 0.3 is 0 Å². The Morgan fingerprint density at radius 3 is 2.76 bits per heavy atom. The van der Waals surface area contributed by atoms with Crippen LogP contribution in [0.4, 0.5) is 10.2 Å². The number of piperidine rings is 1. The number of amides is 2. The van der Waals surface area contributed by atoms with Crippen LogP contribution in [-0.2, 0) is 11.2 Å². The summed E-state index contributed by atoms with van der Waals surface area (Å²) in [5.41, 5.74) is 8.43. The molecule has 2 amide bonds. The second-order valence-electron chi connectivity index (χ2n) is 9.21. The zero-order valence-electron chi connectivity index (χ0n) is 21.1. The summed E-state index contributed by atoms with van der Waals surface area (Å²) in [6.07, 6.45) is 3.23. The molecule has 4 rings (SSSR count). The van der Waals surface area contributed by atoms with Gasteiger partial charge in [0.25, 0.3) is 5.91 Å². The summed E-state index contributed by atoms with van der Waals surface area (Å²) in [7, 11) is 0. The van der Waals surface area contributed by atoms with E-state index in [0.29, 0.717) is 54.3 Å². The number of carbonyl (C=O) groups is 2. The number of nitrogens with two attached hydrogens (primary N) is 1. The van der Waals surface area contributed by atoms with Crippen LogP contribution in [0.5, 0.6) is 0 Å². The predicted octanol–water partition coefficient (Wildman–Crippen LogP) is 3.48. The van der Waals surface area contributed by atoms with Gasteiger partial charge in [0, 0.05) is 31.2 Å². The average molecular weight is 515 g/mol. The molecule has 0 bridgehead atoms. The second-order valence-corrected chi connectivity index (χ2v) is 9.21. The van der Waals surface area contributed by atoms with E-state index in [4.69, 9.17) is 10.7 Å². The lowest BCUT2D eigenvalue weighted by molar-refractivity contribution is -0.133. The van der Waals surface area contributed by atoms with E-state index in [0.717, 1.165) is 24.8 Å². The molecule has 2 heterocycles. The molecule has 9 heteroatoms. The van der Waals surface area contributed by atoms with E-state index in [1.165, 1.54) is 12.1 Å². The minimum absolute atomic E-state index is 0.0562. The van der Waals surface area contributed by atoms with Crippen LogP contribution < -0.4 is 16.4 Å². The highest BCUT2D eigenvalue weighted by atomic mass is 19.1. The standard InChI is InChI=1S/C29H31FN6O2/c30-22-8-5-6-20(16-22)13-14-33-28-25(11-12-26(35-28)24-10-2-1-7-21(24)17-31)29(38)34-19-23-9-3-4-15-36(23)27(37)18-32/h1-2,5-8,10-12,16,23H,3-4,9,13-15,18-19,32H2,(H,33,35)(H,34,38)/t23-/m0/s1. The van der Waals surface area contributed by atoms with Gasteiger partial charge in [0.2, 0.25) is 5.91 Å². The average Bonchev–Trinajstić information content (AvgIpc) is 2.95. The third-order valence-electron chi connectivity index (χ3n) is 6.68. The molecule has 196 valence electrons. The lowest BCUT2D eigenvalue weighted by Crippen LogP contribution is -2.51. The molecule has 1 saturated heterocycles. The molecular formula is C29H31FN6O2. The largest absolute Gasteiger partial charge is 0.369 e. The fraction of sp³-hybridized carbons (Fsp3) is 0.310. The van der Waals surface area contributed by atoms with Gasteiger partial charge in [-0.1, -0.05) is 30.3 Å². The summed E-state index contributed by atoms with van der Waals surface area (Å²) in [6, 6.07) is 19.0. The van der Waals surface area contributed by atoms with Gasteiger partial charge < -0.3 is 21.3 Å². The number of carbonyl (C=O) groups excluding carboxylic acids is 2. The maximum absolute atomic E-state index is 13.6. The van der Waals surface area contributed by atoms with Crippen LogP contribution in [0.25, 0.3) is 11.3 Å². The molecule has 8 nitrogen and oxygen atoms in total. The predicted molar refractivity (Wildman–Crippen MR) is 144 cm³/mol. The highest BCUT2D eigenvalue weighted by molar-refractivity contribution is 5.99. The summed E-state index contributed by atoms with van der Waals surface area (Å²) in [5, 5.41) is 15.7. The van der Waals surface area contributed by atoms with Crippen LogP contribution in [0.1, 0.15) is 40.7 Å². The topological polar surface area (TPSA) is 124 Å². The first kappa shape index (κ1) is 26.8. The van der Waals surface area contributed by atoms with Crippen LogP contribution in [0.2, 0.25) is 0 Å². The van der Waals surface area contributed by atoms with Crippen molar-refractivity contribution in [3.63, 3.8) is 0 Å². The number of pyridine rings is 1. The first-order valence-electron chi connectivity index (χ1n) is 12.8. The van der Waals surface area contributed by atoms with Crippen molar-refractivity contribution in [1.82, 2.24) is 15.2 Å². The Hall–Kier alpha value is -4.29. The molecule has 0 spiro atoms. The zero-order chi connectivity index (χ0) is 26.9. The van der Waals surface area contributed by atoms with Crippen molar-refractivity contribution in [1.29, 1.82) is 5.26 Å². The number of rotatable bonds is 9. The molecule has 1 aliphatic rings. The molecule has 3 aromatic rings. The van der Waals surface area contributed by atoms with Crippen molar-refractivity contribution in [3.05, 3.63) is 83.2 Å². The molecule has 1 aromatic heterocycles. The second kappa shape index (κ2) is 12.8. The molecule has 2 aromatic carbocycles. The molecule has 0 unspecified atom stereocenters. The van der Waals surface area contributed by atoms with E-state index in [1.54, 1.807) is 35.2 Å². The number of likely N-dealkylation sites (tertiary alicyclic amines) is 1. The lowest BCUT2D eigenvalue weighted by atomic mass is 10.0. The number of nitrogens with one attached hydrogen (secondary N) is 2. The number of benzene rings is 2. The van der Waals surface area contributed by atoms with Crippen LogP contribution in [0, 0.1) is 17.1 Å². The summed E-state index contributed by atoms with van der Waals surface area (Å²) in [4.78, 5) is 32.0. The Kier molecular flexibility index (Phi) is 9.01. The van der Waals surface area contributed by atoms with E-state index in [-0.39, 0.29) is 30.2 Å². The molecule has 38 heavy (non-hydrogen) atoms. The van der Waals surface area contributed by atoms with Crippen LogP contribution >= 0.6 is 0 Å². The molecule has 1 fully saturated rings.